The summed E-state index contributed by atoms with van der Waals surface area (Å²) in [5.74, 6) is -2.20. The van der Waals surface area contributed by atoms with Crippen LogP contribution in [0.25, 0.3) is 0 Å². The van der Waals surface area contributed by atoms with E-state index in [2.05, 4.69) is 0 Å². The summed E-state index contributed by atoms with van der Waals surface area (Å²) in [6, 6.07) is 0. The van der Waals surface area contributed by atoms with Crippen LogP contribution < -0.4 is 0 Å². The normalized spacial score (nSPS) is 39.8. The monoisotopic (exact) mass is 468 g/mol. The molecular formula is C18H28O14. The molecule has 2 aliphatic heterocycles. The highest BCUT2D eigenvalue weighted by atomic mass is 16.8. The topological polar surface area (TPSA) is 208 Å². The molecule has 0 bridgehead atoms. The second-order valence-corrected chi connectivity index (χ2v) is 7.35. The quantitative estimate of drug-likeness (QED) is 0.180. The third kappa shape index (κ3) is 6.55. The fraction of sp³-hybridized carbons (Fsp3) is 0.833. The van der Waals surface area contributed by atoms with E-state index in [-0.39, 0.29) is 0 Å². The minimum atomic E-state index is -1.82. The van der Waals surface area contributed by atoms with Crippen molar-refractivity contribution in [3.63, 3.8) is 0 Å². The lowest BCUT2D eigenvalue weighted by molar-refractivity contribution is -0.355. The Balaban J connectivity index is 2.19. The number of carbonyl (C=O) groups excluding carboxylic acids is 3. The van der Waals surface area contributed by atoms with Crippen LogP contribution in [0, 0.1) is 0 Å². The molecule has 32 heavy (non-hydrogen) atoms. The molecule has 184 valence electrons. The van der Waals surface area contributed by atoms with Crippen molar-refractivity contribution in [2.24, 2.45) is 0 Å². The van der Waals surface area contributed by atoms with Gasteiger partial charge in [0, 0.05) is 20.8 Å². The molecule has 14 nitrogen and oxygen atoms in total. The molecule has 2 rings (SSSR count). The molecular weight excluding hydrogens is 440 g/mol. The number of hydrogen-bond acceptors (Lipinski definition) is 14. The third-order valence-corrected chi connectivity index (χ3v) is 4.78. The van der Waals surface area contributed by atoms with E-state index in [9.17, 15) is 39.9 Å². The Kier molecular flexibility index (Phi) is 9.29. The first-order chi connectivity index (χ1) is 14.9. The van der Waals surface area contributed by atoms with Crippen molar-refractivity contribution in [1.82, 2.24) is 0 Å². The number of hydrogen-bond donors (Lipinski definition) is 5. The van der Waals surface area contributed by atoms with Gasteiger partial charge >= 0.3 is 17.9 Å². The smallest absolute Gasteiger partial charge is 0.305 e. The van der Waals surface area contributed by atoms with Gasteiger partial charge in [0.15, 0.2) is 6.29 Å². The molecule has 2 fully saturated rings. The van der Waals surface area contributed by atoms with E-state index in [1.165, 1.54) is 0 Å². The summed E-state index contributed by atoms with van der Waals surface area (Å²) in [7, 11) is 0. The molecule has 0 saturated carbocycles. The van der Waals surface area contributed by atoms with Gasteiger partial charge in [0.1, 0.15) is 62.0 Å². The van der Waals surface area contributed by atoms with Crippen molar-refractivity contribution in [2.75, 3.05) is 13.2 Å². The molecule has 14 heteroatoms. The zero-order valence-corrected chi connectivity index (χ0v) is 17.6. The average molecular weight is 468 g/mol. The standard InChI is InChI=1S/C18H28O14/c1-6(19)27-4-9-11(22)12(23)14(25)18(30-9)32-16-10(5-28-7(2)20)31-17(29-8(3)21)15(26)13(16)24/h9-18,22-26H,4-5H2,1-3H3/t9?,10?,11-,12?,13?,14+,15+,16-,17?,18+/m1/s1. The van der Waals surface area contributed by atoms with Crippen LogP contribution in [0.4, 0.5) is 0 Å². The van der Waals surface area contributed by atoms with Crippen LogP contribution >= 0.6 is 0 Å². The van der Waals surface area contributed by atoms with Crippen molar-refractivity contribution in [3.05, 3.63) is 0 Å². The highest BCUT2D eigenvalue weighted by molar-refractivity contribution is 5.66. The molecule has 0 radical (unpaired) electrons. The summed E-state index contributed by atoms with van der Waals surface area (Å²) in [5, 5.41) is 51.2. The van der Waals surface area contributed by atoms with E-state index in [1.807, 2.05) is 0 Å². The summed E-state index contributed by atoms with van der Waals surface area (Å²) < 4.78 is 30.7. The number of aliphatic hydroxyl groups is 5. The first kappa shape index (κ1) is 26.3. The fourth-order valence-electron chi connectivity index (χ4n) is 3.19. The minimum Gasteiger partial charge on any atom is -0.463 e. The lowest BCUT2D eigenvalue weighted by Gasteiger charge is -2.45. The van der Waals surface area contributed by atoms with Crippen LogP contribution in [0.1, 0.15) is 20.8 Å². The summed E-state index contributed by atoms with van der Waals surface area (Å²) in [6.07, 6.45) is -16.2. The van der Waals surface area contributed by atoms with E-state index in [1.54, 1.807) is 0 Å². The van der Waals surface area contributed by atoms with Gasteiger partial charge in [-0.2, -0.15) is 0 Å². The second kappa shape index (κ2) is 11.3. The van der Waals surface area contributed by atoms with Crippen molar-refractivity contribution >= 4 is 17.9 Å². The van der Waals surface area contributed by atoms with E-state index in [0.717, 1.165) is 20.8 Å². The van der Waals surface area contributed by atoms with E-state index < -0.39 is 92.5 Å². The molecule has 0 aromatic rings. The van der Waals surface area contributed by atoms with Gasteiger partial charge in [0.25, 0.3) is 0 Å². The molecule has 0 aromatic carbocycles. The molecule has 0 spiro atoms. The Morgan fingerprint density at radius 3 is 1.69 bits per heavy atom. The zero-order valence-electron chi connectivity index (χ0n) is 17.6. The maximum Gasteiger partial charge on any atom is 0.305 e. The van der Waals surface area contributed by atoms with Gasteiger partial charge in [-0.3, -0.25) is 14.4 Å². The number of carbonyl (C=O) groups is 3. The Bertz CT molecular complexity index is 670. The van der Waals surface area contributed by atoms with Gasteiger partial charge in [0.2, 0.25) is 6.29 Å². The van der Waals surface area contributed by atoms with Gasteiger partial charge < -0.3 is 54.0 Å². The van der Waals surface area contributed by atoms with Gasteiger partial charge in [-0.1, -0.05) is 0 Å². The Morgan fingerprint density at radius 2 is 1.16 bits per heavy atom. The van der Waals surface area contributed by atoms with Crippen LogP contribution in [0.3, 0.4) is 0 Å². The Morgan fingerprint density at radius 1 is 0.656 bits per heavy atom. The van der Waals surface area contributed by atoms with Crippen molar-refractivity contribution in [2.45, 2.75) is 82.2 Å². The number of aliphatic hydroxyl groups excluding tert-OH is 5. The number of ether oxygens (including phenoxy) is 6. The van der Waals surface area contributed by atoms with Crippen LogP contribution in [-0.4, -0.2) is 118 Å². The molecule has 0 aromatic heterocycles. The largest absolute Gasteiger partial charge is 0.463 e. The van der Waals surface area contributed by atoms with Gasteiger partial charge in [-0.05, 0) is 0 Å². The molecule has 5 unspecified atom stereocenters. The molecule has 2 heterocycles. The SMILES string of the molecule is CC(=O)OCC1O[C@@H](O[C@@H]2C(COC(C)=O)OC(OC(C)=O)[C@@H](O)C2O)[C@@H](O)C(O)[C@@H]1O. The highest BCUT2D eigenvalue weighted by Gasteiger charge is 2.51. The molecule has 10 atom stereocenters. The zero-order chi connectivity index (χ0) is 24.2. The summed E-state index contributed by atoms with van der Waals surface area (Å²) >= 11 is 0. The maximum absolute atomic E-state index is 11.2. The Labute approximate surface area is 182 Å². The van der Waals surface area contributed by atoms with Gasteiger partial charge in [-0.25, -0.2) is 0 Å². The maximum atomic E-state index is 11.2. The Hall–Kier alpha value is -1.91. The van der Waals surface area contributed by atoms with Crippen molar-refractivity contribution in [3.8, 4) is 0 Å². The minimum absolute atomic E-state index is 0.474. The van der Waals surface area contributed by atoms with E-state index >= 15 is 0 Å². The van der Waals surface area contributed by atoms with Crippen LogP contribution in [0.5, 0.6) is 0 Å². The average Bonchev–Trinajstić information content (AvgIpc) is 2.70. The molecule has 2 aliphatic rings. The van der Waals surface area contributed by atoms with Crippen LogP contribution in [0.2, 0.25) is 0 Å². The summed E-state index contributed by atoms with van der Waals surface area (Å²) in [5.41, 5.74) is 0. The summed E-state index contributed by atoms with van der Waals surface area (Å²) in [6.45, 7) is 2.31. The van der Waals surface area contributed by atoms with Crippen LogP contribution in [0.15, 0.2) is 0 Å². The number of esters is 3. The molecule has 0 amide bonds. The van der Waals surface area contributed by atoms with E-state index in [0.29, 0.717) is 0 Å². The predicted molar refractivity (Wildman–Crippen MR) is 97.3 cm³/mol. The molecule has 5 N–H and O–H groups in total. The van der Waals surface area contributed by atoms with Crippen molar-refractivity contribution < 1.29 is 68.3 Å². The predicted octanol–water partition coefficient (Wildman–Crippen LogP) is -3.68. The van der Waals surface area contributed by atoms with Crippen LogP contribution in [-0.2, 0) is 42.8 Å². The second-order valence-electron chi connectivity index (χ2n) is 7.35. The fourth-order valence-corrected chi connectivity index (χ4v) is 3.19. The first-order valence-electron chi connectivity index (χ1n) is 9.73. The van der Waals surface area contributed by atoms with Crippen molar-refractivity contribution in [1.29, 1.82) is 0 Å². The third-order valence-electron chi connectivity index (χ3n) is 4.78. The first-order valence-corrected chi connectivity index (χ1v) is 9.73. The van der Waals surface area contributed by atoms with E-state index in [4.69, 9.17) is 28.4 Å². The summed E-state index contributed by atoms with van der Waals surface area (Å²) in [4.78, 5) is 33.5. The molecule has 0 aliphatic carbocycles. The number of rotatable bonds is 7. The van der Waals surface area contributed by atoms with Gasteiger partial charge in [-0.15, -0.1) is 0 Å². The van der Waals surface area contributed by atoms with Gasteiger partial charge in [0.05, 0.1) is 0 Å². The lowest BCUT2D eigenvalue weighted by atomic mass is 9.97. The molecule has 2 saturated heterocycles. The highest BCUT2D eigenvalue weighted by Crippen LogP contribution is 2.30. The lowest BCUT2D eigenvalue weighted by Crippen LogP contribution is -2.65.